The molecule has 0 aliphatic heterocycles. The summed E-state index contributed by atoms with van der Waals surface area (Å²) in [5.74, 6) is -1.07. The Bertz CT molecular complexity index is 1200. The van der Waals surface area contributed by atoms with Gasteiger partial charge in [-0.15, -0.1) is 11.8 Å². The Morgan fingerprint density at radius 3 is 2.47 bits per heavy atom. The molecule has 1 aromatic heterocycles. The third-order valence-corrected chi connectivity index (χ3v) is 6.43. The molecule has 1 atom stereocenters. The van der Waals surface area contributed by atoms with E-state index in [4.69, 9.17) is 19.3 Å². The zero-order valence-electron chi connectivity index (χ0n) is 19.0. The first-order valence-corrected chi connectivity index (χ1v) is 12.1. The number of carboxylic acids is 1. The third kappa shape index (κ3) is 8.14. The molecule has 192 valence electrons. The highest BCUT2D eigenvalue weighted by Crippen LogP contribution is 2.33. The molecule has 0 saturated carbocycles. The summed E-state index contributed by atoms with van der Waals surface area (Å²) in [6.45, 7) is 2.04. The number of aliphatic carboxylic acids is 1. The third-order valence-electron chi connectivity index (χ3n) is 4.34. The first kappa shape index (κ1) is 27.3. The van der Waals surface area contributed by atoms with E-state index >= 15 is 0 Å². The Hall–Kier alpha value is -3.29. The maximum absolute atomic E-state index is 12.9. The van der Waals surface area contributed by atoms with Crippen LogP contribution in [0.4, 0.5) is 18.3 Å². The number of nitrogens with zero attached hydrogens (tertiary/aromatic N) is 1. The number of carbonyl (C=O) groups is 2. The summed E-state index contributed by atoms with van der Waals surface area (Å²) < 4.78 is 55.7. The highest BCUT2D eigenvalue weighted by Gasteiger charge is 2.30. The number of methoxy groups -OCH3 is 1. The average molecular weight is 543 g/mol. The van der Waals surface area contributed by atoms with Crippen LogP contribution >= 0.6 is 23.1 Å². The predicted molar refractivity (Wildman–Crippen MR) is 128 cm³/mol. The average Bonchev–Trinajstić information content (AvgIpc) is 3.24. The van der Waals surface area contributed by atoms with E-state index in [1.54, 1.807) is 6.92 Å². The van der Waals surface area contributed by atoms with Crippen LogP contribution < -0.4 is 14.8 Å². The lowest BCUT2D eigenvalue weighted by Gasteiger charge is -2.16. The van der Waals surface area contributed by atoms with Gasteiger partial charge < -0.3 is 19.3 Å². The van der Waals surface area contributed by atoms with E-state index in [9.17, 15) is 22.8 Å². The Morgan fingerprint density at radius 1 is 1.14 bits per heavy atom. The van der Waals surface area contributed by atoms with Gasteiger partial charge in [-0.3, -0.25) is 14.9 Å². The summed E-state index contributed by atoms with van der Waals surface area (Å²) >= 11 is 2.19. The fourth-order valence-electron chi connectivity index (χ4n) is 2.86. The van der Waals surface area contributed by atoms with Crippen LogP contribution in [0.2, 0.25) is 0 Å². The van der Waals surface area contributed by atoms with Gasteiger partial charge in [-0.1, -0.05) is 11.3 Å². The van der Waals surface area contributed by atoms with Crippen molar-refractivity contribution in [2.24, 2.45) is 0 Å². The second-order valence-corrected chi connectivity index (χ2v) is 9.63. The number of halogens is 3. The number of aromatic nitrogens is 1. The number of nitrogens with one attached hydrogen (secondary N) is 1. The smallest absolute Gasteiger partial charge is 0.416 e. The largest absolute Gasteiger partial charge is 0.488 e. The van der Waals surface area contributed by atoms with E-state index in [0.29, 0.717) is 4.21 Å². The number of carboxylic acid groups (broad SMARTS) is 1. The molecule has 0 aliphatic carbocycles. The van der Waals surface area contributed by atoms with Gasteiger partial charge in [0.2, 0.25) is 0 Å². The molecule has 0 radical (unpaired) electrons. The molecule has 0 aliphatic rings. The van der Waals surface area contributed by atoms with Gasteiger partial charge >= 0.3 is 12.1 Å². The number of ether oxygens (including phenoxy) is 3. The number of hydrogen-bond acceptors (Lipinski definition) is 8. The summed E-state index contributed by atoms with van der Waals surface area (Å²) in [6, 6.07) is 8.54. The Kier molecular flexibility index (Phi) is 9.18. The van der Waals surface area contributed by atoms with Crippen molar-refractivity contribution in [1.29, 1.82) is 0 Å². The predicted octanol–water partition coefficient (Wildman–Crippen LogP) is 5.80. The van der Waals surface area contributed by atoms with Crippen molar-refractivity contribution in [1.82, 2.24) is 4.98 Å². The van der Waals surface area contributed by atoms with Crippen LogP contribution in [-0.2, 0) is 15.7 Å². The minimum absolute atomic E-state index is 0.136. The van der Waals surface area contributed by atoms with Crippen molar-refractivity contribution in [3.8, 4) is 17.2 Å². The highest BCUT2D eigenvalue weighted by atomic mass is 32.2. The zero-order valence-corrected chi connectivity index (χ0v) is 20.6. The molecular formula is C23H21F3N2O6S2. The van der Waals surface area contributed by atoms with Crippen molar-refractivity contribution in [2.45, 2.75) is 23.4 Å². The monoisotopic (exact) mass is 542 g/mol. The summed E-state index contributed by atoms with van der Waals surface area (Å²) in [7, 11) is 1.51. The van der Waals surface area contributed by atoms with Gasteiger partial charge in [0.05, 0.1) is 28.3 Å². The molecule has 3 rings (SSSR count). The van der Waals surface area contributed by atoms with Crippen LogP contribution in [0.3, 0.4) is 0 Å². The molecule has 36 heavy (non-hydrogen) atoms. The number of thioether (sulfide) groups is 1. The lowest BCUT2D eigenvalue weighted by molar-refractivity contribution is -0.137. The Labute approximate surface area is 212 Å². The summed E-state index contributed by atoms with van der Waals surface area (Å²) in [6.07, 6.45) is -3.38. The first-order chi connectivity index (χ1) is 17.0. The molecule has 8 nitrogen and oxygen atoms in total. The van der Waals surface area contributed by atoms with E-state index < -0.39 is 23.6 Å². The summed E-state index contributed by atoms with van der Waals surface area (Å²) in [5.41, 5.74) is -0.668. The first-order valence-electron chi connectivity index (χ1n) is 10.3. The van der Waals surface area contributed by atoms with E-state index in [1.807, 2.05) is 0 Å². The van der Waals surface area contributed by atoms with Crippen LogP contribution in [-0.4, -0.2) is 47.5 Å². The summed E-state index contributed by atoms with van der Waals surface area (Å²) in [5, 5.41) is 11.7. The number of thiazole rings is 1. The van der Waals surface area contributed by atoms with Crippen LogP contribution in [0.1, 0.15) is 22.8 Å². The van der Waals surface area contributed by atoms with Crippen LogP contribution in [0.25, 0.3) is 0 Å². The van der Waals surface area contributed by atoms with E-state index in [-0.39, 0.29) is 46.4 Å². The molecule has 2 N–H and O–H groups in total. The minimum Gasteiger partial charge on any atom is -0.488 e. The van der Waals surface area contributed by atoms with E-state index in [1.165, 1.54) is 43.6 Å². The van der Waals surface area contributed by atoms with Gasteiger partial charge in [-0.2, -0.15) is 13.2 Å². The number of amides is 1. The maximum atomic E-state index is 12.9. The van der Waals surface area contributed by atoms with Crippen molar-refractivity contribution in [3.63, 3.8) is 0 Å². The highest BCUT2D eigenvalue weighted by molar-refractivity contribution is 8.01. The Balaban J connectivity index is 1.81. The van der Waals surface area contributed by atoms with Crippen LogP contribution in [0, 0.1) is 0 Å². The van der Waals surface area contributed by atoms with E-state index in [2.05, 4.69) is 10.3 Å². The molecule has 3 aromatic rings. The number of anilines is 1. The molecule has 1 heterocycles. The summed E-state index contributed by atoms with van der Waals surface area (Å²) in [4.78, 5) is 27.7. The fourth-order valence-corrected chi connectivity index (χ4v) is 4.45. The second kappa shape index (κ2) is 12.1. The van der Waals surface area contributed by atoms with Crippen molar-refractivity contribution < 1.29 is 42.1 Å². The van der Waals surface area contributed by atoms with Crippen LogP contribution in [0.5, 0.6) is 17.2 Å². The van der Waals surface area contributed by atoms with Gasteiger partial charge in [-0.05, 0) is 43.3 Å². The lowest BCUT2D eigenvalue weighted by Crippen LogP contribution is -2.18. The standard InChI is InChI=1S/C23H21F3N2O6S2/c1-13(11-32-2)33-17-7-14(21(31)28-22-27-10-20(36-22)35-12-19(29)30)8-18(9-17)34-16-5-3-15(4-6-16)23(24,25)26/h3-10,13H,11-12H2,1-2H3,(H,29,30)(H,27,28,31)/t13-/m0/s1. The quantitative estimate of drug-likeness (QED) is 0.293. The molecule has 0 bridgehead atoms. The van der Waals surface area contributed by atoms with Crippen molar-refractivity contribution in [3.05, 3.63) is 59.8 Å². The van der Waals surface area contributed by atoms with Gasteiger partial charge in [0.25, 0.3) is 5.91 Å². The van der Waals surface area contributed by atoms with Gasteiger partial charge in [-0.25, -0.2) is 4.98 Å². The lowest BCUT2D eigenvalue weighted by atomic mass is 10.1. The van der Waals surface area contributed by atoms with Crippen molar-refractivity contribution in [2.75, 3.05) is 24.8 Å². The van der Waals surface area contributed by atoms with Crippen molar-refractivity contribution >= 4 is 40.1 Å². The minimum atomic E-state index is -4.48. The topological polar surface area (TPSA) is 107 Å². The molecule has 0 fully saturated rings. The molecule has 2 aromatic carbocycles. The van der Waals surface area contributed by atoms with Gasteiger partial charge in [0, 0.05) is 18.7 Å². The molecule has 0 saturated heterocycles. The molecule has 0 spiro atoms. The number of carbonyl (C=O) groups excluding carboxylic acids is 1. The molecule has 1 amide bonds. The normalized spacial score (nSPS) is 12.1. The SMILES string of the molecule is COC[C@H](C)Oc1cc(Oc2ccc(C(F)(F)F)cc2)cc(C(=O)Nc2ncc(SCC(=O)O)s2)c1. The molecule has 0 unspecified atom stereocenters. The maximum Gasteiger partial charge on any atom is 0.416 e. The number of alkyl halides is 3. The molecular weight excluding hydrogens is 521 g/mol. The Morgan fingerprint density at radius 2 is 1.83 bits per heavy atom. The van der Waals surface area contributed by atoms with Crippen LogP contribution in [0.15, 0.2) is 52.9 Å². The number of rotatable bonds is 11. The number of hydrogen-bond donors (Lipinski definition) is 2. The van der Waals surface area contributed by atoms with E-state index in [0.717, 1.165) is 35.2 Å². The second-order valence-electron chi connectivity index (χ2n) is 7.32. The fraction of sp³-hybridized carbons (Fsp3) is 0.261. The molecule has 13 heteroatoms. The number of benzene rings is 2. The van der Waals surface area contributed by atoms with Gasteiger partial charge in [0.1, 0.15) is 23.4 Å². The zero-order chi connectivity index (χ0) is 26.3. The van der Waals surface area contributed by atoms with Gasteiger partial charge in [0.15, 0.2) is 5.13 Å².